The normalized spacial score (nSPS) is 13.3. The van der Waals surface area contributed by atoms with Crippen molar-refractivity contribution >= 4 is 15.9 Å². The fourth-order valence-electron chi connectivity index (χ4n) is 1.79. The molecule has 1 unspecified atom stereocenters. The van der Waals surface area contributed by atoms with E-state index in [1.807, 2.05) is 6.92 Å². The first-order valence-electron chi connectivity index (χ1n) is 6.19. The first-order chi connectivity index (χ1) is 9.78. The van der Waals surface area contributed by atoms with E-state index in [-0.39, 0.29) is 16.8 Å². The van der Waals surface area contributed by atoms with Crippen LogP contribution >= 0.6 is 15.9 Å². The van der Waals surface area contributed by atoms with Gasteiger partial charge in [-0.05, 0) is 28.5 Å². The predicted molar refractivity (Wildman–Crippen MR) is 73.9 cm³/mol. The van der Waals surface area contributed by atoms with Crippen LogP contribution in [0.1, 0.15) is 18.5 Å². The first-order valence-corrected chi connectivity index (χ1v) is 6.98. The van der Waals surface area contributed by atoms with Gasteiger partial charge in [-0.2, -0.15) is 13.2 Å². The number of benzene rings is 1. The van der Waals surface area contributed by atoms with Crippen molar-refractivity contribution in [1.82, 2.24) is 5.32 Å². The molecule has 1 aromatic rings. The summed E-state index contributed by atoms with van der Waals surface area (Å²) in [5.41, 5.74) is 0.523. The highest BCUT2D eigenvalue weighted by atomic mass is 79.9. The van der Waals surface area contributed by atoms with Crippen LogP contribution in [0.3, 0.4) is 0 Å². The molecule has 0 spiro atoms. The molecule has 0 bridgehead atoms. The van der Waals surface area contributed by atoms with E-state index < -0.39 is 24.6 Å². The molecule has 1 aromatic carbocycles. The monoisotopic (exact) mass is 373 g/mol. The zero-order chi connectivity index (χ0) is 16.0. The fourth-order valence-corrected chi connectivity index (χ4v) is 2.15. The number of halogens is 5. The number of nitrogens with one attached hydrogen (secondary N) is 1. The Balaban J connectivity index is 2.91. The Morgan fingerprint density at radius 1 is 1.33 bits per heavy atom. The van der Waals surface area contributed by atoms with Crippen molar-refractivity contribution in [2.45, 2.75) is 19.1 Å². The van der Waals surface area contributed by atoms with Gasteiger partial charge in [-0.3, -0.25) is 0 Å². The number of alkyl halides is 3. The van der Waals surface area contributed by atoms with Crippen molar-refractivity contribution in [2.24, 2.45) is 0 Å². The van der Waals surface area contributed by atoms with Gasteiger partial charge in [-0.1, -0.05) is 6.92 Å². The summed E-state index contributed by atoms with van der Waals surface area (Å²) < 4.78 is 59.8. The van der Waals surface area contributed by atoms with E-state index in [2.05, 4.69) is 26.0 Å². The highest BCUT2D eigenvalue weighted by Crippen LogP contribution is 2.31. The number of likely N-dealkylation sites (N-methyl/N-ethyl adjacent to an activating group) is 1. The minimum absolute atomic E-state index is 0.206. The Kier molecular flexibility index (Phi) is 6.89. The molecule has 1 N–H and O–H groups in total. The molecule has 0 saturated carbocycles. The van der Waals surface area contributed by atoms with Crippen molar-refractivity contribution in [2.75, 3.05) is 26.9 Å². The second kappa shape index (κ2) is 7.95. The SMILES string of the molecule is CCNC(COCC(F)(F)F)c1cc(Br)c(F)cc1OC. The highest BCUT2D eigenvalue weighted by molar-refractivity contribution is 9.10. The molecule has 0 aromatic heterocycles. The van der Waals surface area contributed by atoms with Crippen molar-refractivity contribution in [1.29, 1.82) is 0 Å². The third-order valence-corrected chi connectivity index (χ3v) is 3.26. The van der Waals surface area contributed by atoms with E-state index in [0.717, 1.165) is 0 Å². The van der Waals surface area contributed by atoms with Crippen LogP contribution in [0, 0.1) is 5.82 Å². The van der Waals surface area contributed by atoms with Gasteiger partial charge in [0.2, 0.25) is 0 Å². The maximum absolute atomic E-state index is 13.5. The summed E-state index contributed by atoms with van der Waals surface area (Å²) in [7, 11) is 1.37. The van der Waals surface area contributed by atoms with E-state index in [4.69, 9.17) is 4.74 Å². The maximum atomic E-state index is 13.5. The number of rotatable bonds is 7. The molecule has 0 heterocycles. The van der Waals surface area contributed by atoms with E-state index in [1.165, 1.54) is 19.2 Å². The molecule has 1 atom stereocenters. The van der Waals surface area contributed by atoms with Crippen LogP contribution in [0.25, 0.3) is 0 Å². The molecule has 0 saturated heterocycles. The average Bonchev–Trinajstić information content (AvgIpc) is 2.39. The summed E-state index contributed by atoms with van der Waals surface area (Å²) in [5, 5.41) is 2.99. The maximum Gasteiger partial charge on any atom is 0.411 e. The van der Waals surface area contributed by atoms with Gasteiger partial charge in [0.15, 0.2) is 0 Å². The Morgan fingerprint density at radius 2 is 2.00 bits per heavy atom. The van der Waals surface area contributed by atoms with Crippen LogP contribution < -0.4 is 10.1 Å². The minimum Gasteiger partial charge on any atom is -0.496 e. The third-order valence-electron chi connectivity index (χ3n) is 2.65. The summed E-state index contributed by atoms with van der Waals surface area (Å²) in [5.74, 6) is -0.265. The zero-order valence-corrected chi connectivity index (χ0v) is 13.1. The second-order valence-corrected chi connectivity index (χ2v) is 5.10. The molecule has 0 fully saturated rings. The Labute approximate surface area is 128 Å². The lowest BCUT2D eigenvalue weighted by molar-refractivity contribution is -0.175. The molecular formula is C13H16BrF4NO2. The Hall–Kier alpha value is -0.860. The van der Waals surface area contributed by atoms with Gasteiger partial charge in [0.05, 0.1) is 24.2 Å². The van der Waals surface area contributed by atoms with Crippen LogP contribution in [0.4, 0.5) is 17.6 Å². The lowest BCUT2D eigenvalue weighted by Crippen LogP contribution is -2.28. The number of methoxy groups -OCH3 is 1. The van der Waals surface area contributed by atoms with E-state index in [1.54, 1.807) is 0 Å². The molecule has 3 nitrogen and oxygen atoms in total. The molecule has 0 aliphatic rings. The molecule has 0 amide bonds. The van der Waals surface area contributed by atoms with Crippen molar-refractivity contribution < 1.29 is 27.0 Å². The van der Waals surface area contributed by atoms with Crippen LogP contribution in [-0.4, -0.2) is 33.0 Å². The van der Waals surface area contributed by atoms with Crippen LogP contribution in [0.5, 0.6) is 5.75 Å². The predicted octanol–water partition coefficient (Wildman–Crippen LogP) is 3.83. The largest absolute Gasteiger partial charge is 0.496 e. The first kappa shape index (κ1) is 18.2. The Bertz CT molecular complexity index is 468. The molecule has 0 aliphatic heterocycles. The quantitative estimate of drug-likeness (QED) is 0.736. The lowest BCUT2D eigenvalue weighted by atomic mass is 10.1. The van der Waals surface area contributed by atoms with Gasteiger partial charge in [-0.25, -0.2) is 4.39 Å². The van der Waals surface area contributed by atoms with Crippen molar-refractivity contribution in [3.63, 3.8) is 0 Å². The summed E-state index contributed by atoms with van der Waals surface area (Å²) in [6.07, 6.45) is -4.38. The van der Waals surface area contributed by atoms with E-state index in [9.17, 15) is 17.6 Å². The van der Waals surface area contributed by atoms with Gasteiger partial charge in [0, 0.05) is 11.6 Å². The third kappa shape index (κ3) is 5.80. The molecule has 1 rings (SSSR count). The number of hydrogen-bond acceptors (Lipinski definition) is 3. The average molecular weight is 374 g/mol. The van der Waals surface area contributed by atoms with Gasteiger partial charge >= 0.3 is 6.18 Å². The van der Waals surface area contributed by atoms with Crippen LogP contribution in [0.15, 0.2) is 16.6 Å². The Morgan fingerprint density at radius 3 is 2.52 bits per heavy atom. The van der Waals surface area contributed by atoms with Gasteiger partial charge < -0.3 is 14.8 Å². The van der Waals surface area contributed by atoms with Crippen molar-refractivity contribution in [3.8, 4) is 5.75 Å². The zero-order valence-electron chi connectivity index (χ0n) is 11.6. The molecule has 8 heteroatoms. The molecule has 0 aliphatic carbocycles. The molecule has 120 valence electrons. The number of hydrogen-bond donors (Lipinski definition) is 1. The lowest BCUT2D eigenvalue weighted by Gasteiger charge is -2.21. The standard InChI is InChI=1S/C13H16BrF4NO2/c1-3-19-11(6-21-7-13(16,17)18)8-4-9(14)10(15)5-12(8)20-2/h4-5,11,19H,3,6-7H2,1-2H3. The highest BCUT2D eigenvalue weighted by Gasteiger charge is 2.28. The summed E-state index contributed by atoms with van der Waals surface area (Å²) in [4.78, 5) is 0. The second-order valence-electron chi connectivity index (χ2n) is 4.25. The molecular weight excluding hydrogens is 358 g/mol. The van der Waals surface area contributed by atoms with Crippen molar-refractivity contribution in [3.05, 3.63) is 28.0 Å². The molecule has 21 heavy (non-hydrogen) atoms. The smallest absolute Gasteiger partial charge is 0.411 e. The minimum atomic E-state index is -4.38. The topological polar surface area (TPSA) is 30.5 Å². The van der Waals surface area contributed by atoms with E-state index >= 15 is 0 Å². The van der Waals surface area contributed by atoms with E-state index in [0.29, 0.717) is 12.1 Å². The van der Waals surface area contributed by atoms with Gasteiger partial charge in [0.1, 0.15) is 18.2 Å². The fraction of sp³-hybridized carbons (Fsp3) is 0.538. The van der Waals surface area contributed by atoms with Crippen LogP contribution in [0.2, 0.25) is 0 Å². The van der Waals surface area contributed by atoms with Crippen LogP contribution in [-0.2, 0) is 4.74 Å². The summed E-state index contributed by atoms with van der Waals surface area (Å²) in [6.45, 7) is 0.779. The molecule has 0 radical (unpaired) electrons. The number of ether oxygens (including phenoxy) is 2. The van der Waals surface area contributed by atoms with Gasteiger partial charge in [0.25, 0.3) is 0 Å². The van der Waals surface area contributed by atoms with Gasteiger partial charge in [-0.15, -0.1) is 0 Å². The summed E-state index contributed by atoms with van der Waals surface area (Å²) in [6, 6.07) is 2.11. The summed E-state index contributed by atoms with van der Waals surface area (Å²) >= 11 is 3.05.